The molecule has 0 fully saturated rings. The number of nitrogens with zero attached hydrogens (tertiary/aromatic N) is 1. The molecule has 0 saturated heterocycles. The summed E-state index contributed by atoms with van der Waals surface area (Å²) in [5.41, 5.74) is 1.73. The first kappa shape index (κ1) is 17.7. The van der Waals surface area contributed by atoms with Crippen LogP contribution < -0.4 is 0 Å². The normalized spacial score (nSPS) is 16.8. The van der Waals surface area contributed by atoms with Gasteiger partial charge in [0.15, 0.2) is 5.78 Å². The van der Waals surface area contributed by atoms with E-state index in [-0.39, 0.29) is 17.5 Å². The summed E-state index contributed by atoms with van der Waals surface area (Å²) in [5.74, 6) is 0.329. The van der Waals surface area contributed by atoms with Crippen LogP contribution in [0.5, 0.6) is 5.75 Å². The van der Waals surface area contributed by atoms with Crippen LogP contribution >= 0.6 is 22.9 Å². The molecule has 1 aromatic heterocycles. The van der Waals surface area contributed by atoms with Crippen molar-refractivity contribution >= 4 is 28.7 Å². The number of carbonyl (C=O) groups excluding carboxylic acids is 1. The molecule has 1 aliphatic carbocycles. The number of fused-ring (bicyclic) bond motifs is 1. The number of phenolic OH excluding ortho intramolecular Hbond substituents is 1. The minimum Gasteiger partial charge on any atom is -0.506 e. The van der Waals surface area contributed by atoms with Gasteiger partial charge < -0.3 is 5.11 Å². The second-order valence-corrected chi connectivity index (χ2v) is 6.42. The predicted molar refractivity (Wildman–Crippen MR) is 83.2 cm³/mol. The lowest BCUT2D eigenvalue weighted by molar-refractivity contribution is 0.00818. The number of hydrogen-bond donors (Lipinski definition) is 1. The van der Waals surface area contributed by atoms with Crippen molar-refractivity contribution in [1.29, 1.82) is 0 Å². The number of rotatable bonds is 1. The average molecular weight is 364 g/mol. The molecule has 3 rings (SSSR count). The quantitative estimate of drug-likeness (QED) is 0.765. The molecular weight excluding hydrogens is 351 g/mol. The number of aryl methyl sites for hydroxylation is 1. The maximum atomic E-state index is 12.1. The van der Waals surface area contributed by atoms with E-state index < -0.39 is 6.68 Å². The third-order valence-corrected chi connectivity index (χ3v) is 4.84. The van der Waals surface area contributed by atoms with E-state index in [1.54, 1.807) is 18.2 Å². The molecule has 3 nitrogen and oxygen atoms in total. The van der Waals surface area contributed by atoms with Gasteiger partial charge >= 0.3 is 6.68 Å². The molecule has 1 aliphatic rings. The smallest absolute Gasteiger partial charge is 0.379 e. The number of phenols is 1. The van der Waals surface area contributed by atoms with E-state index in [1.807, 2.05) is 6.92 Å². The number of ketones is 1. The van der Waals surface area contributed by atoms with Crippen LogP contribution in [0.1, 0.15) is 28.7 Å². The second kappa shape index (κ2) is 7.31. The van der Waals surface area contributed by atoms with Crippen LogP contribution in [0.15, 0.2) is 18.2 Å². The topological polar surface area (TPSA) is 50.2 Å². The van der Waals surface area contributed by atoms with Gasteiger partial charge in [-0.05, 0) is 31.0 Å². The summed E-state index contributed by atoms with van der Waals surface area (Å²) in [6, 6.07) is 4.98. The fourth-order valence-electron chi connectivity index (χ4n) is 2.19. The molecule has 1 unspecified atom stereocenters. The molecule has 0 radical (unpaired) electrons. The zero-order chi connectivity index (χ0) is 17.1. The Morgan fingerprint density at radius 3 is 2.65 bits per heavy atom. The van der Waals surface area contributed by atoms with Crippen molar-refractivity contribution in [2.75, 3.05) is 0 Å². The highest BCUT2D eigenvalue weighted by Crippen LogP contribution is 2.36. The van der Waals surface area contributed by atoms with Gasteiger partial charge in [-0.15, -0.1) is 11.3 Å². The van der Waals surface area contributed by atoms with Crippen molar-refractivity contribution in [2.45, 2.75) is 26.4 Å². The van der Waals surface area contributed by atoms with E-state index in [9.17, 15) is 23.1 Å². The molecule has 0 amide bonds. The molecule has 8 heteroatoms. The van der Waals surface area contributed by atoms with Crippen LogP contribution in [0.25, 0.3) is 10.6 Å². The number of Topliss-reactive ketones (excluding diaryl/α,β-unsaturated/α-hetero) is 1. The van der Waals surface area contributed by atoms with Crippen molar-refractivity contribution in [3.05, 3.63) is 33.8 Å². The fraction of sp³-hybridized carbons (Fsp3) is 0.333. The lowest BCUT2D eigenvalue weighted by atomic mass is 9.92. The van der Waals surface area contributed by atoms with Gasteiger partial charge in [-0.3, -0.25) is 4.79 Å². The van der Waals surface area contributed by atoms with Gasteiger partial charge in [0.2, 0.25) is 0 Å². The second-order valence-electron chi connectivity index (χ2n) is 5.01. The molecule has 1 heterocycles. The largest absolute Gasteiger partial charge is 0.506 e. The first-order chi connectivity index (χ1) is 10.8. The lowest BCUT2D eigenvalue weighted by Gasteiger charge is -2.14. The monoisotopic (exact) mass is 363 g/mol. The minimum atomic E-state index is -3.67. The average Bonchev–Trinajstić information content (AvgIpc) is 2.90. The van der Waals surface area contributed by atoms with E-state index in [4.69, 9.17) is 11.6 Å². The minimum absolute atomic E-state index is 0.0523. The Hall–Kier alpha value is -1.60. The van der Waals surface area contributed by atoms with Gasteiger partial charge in [0, 0.05) is 11.5 Å². The summed E-state index contributed by atoms with van der Waals surface area (Å²) in [5, 5.41) is 10.5. The highest BCUT2D eigenvalue weighted by atomic mass is 35.5. The van der Waals surface area contributed by atoms with E-state index >= 15 is 0 Å². The lowest BCUT2D eigenvalue weighted by Crippen LogP contribution is -2.18. The van der Waals surface area contributed by atoms with E-state index in [1.165, 1.54) is 11.3 Å². The third-order valence-electron chi connectivity index (χ3n) is 3.38. The van der Waals surface area contributed by atoms with Gasteiger partial charge in [0.1, 0.15) is 10.8 Å². The zero-order valence-electron chi connectivity index (χ0n) is 12.0. The molecular formula is C15H13ClF3NO2S. The molecule has 0 spiro atoms. The Balaban J connectivity index is 0.000000433. The molecule has 124 valence electrons. The Morgan fingerprint density at radius 2 is 2.04 bits per heavy atom. The van der Waals surface area contributed by atoms with Gasteiger partial charge in [-0.1, -0.05) is 18.5 Å². The van der Waals surface area contributed by atoms with Crippen molar-refractivity contribution in [3.63, 3.8) is 0 Å². The summed E-state index contributed by atoms with van der Waals surface area (Å²) >= 11 is 7.32. The summed E-state index contributed by atoms with van der Waals surface area (Å²) in [4.78, 5) is 17.4. The third kappa shape index (κ3) is 4.23. The van der Waals surface area contributed by atoms with Crippen LogP contribution in [-0.4, -0.2) is 22.6 Å². The van der Waals surface area contributed by atoms with Gasteiger partial charge in [-0.25, -0.2) is 4.98 Å². The highest BCUT2D eigenvalue weighted by molar-refractivity contribution is 7.17. The molecule has 2 aromatic rings. The Kier molecular flexibility index (Phi) is 5.64. The molecule has 1 N–H and O–H groups in total. The Bertz CT molecular complexity index is 718. The van der Waals surface area contributed by atoms with Gasteiger partial charge in [0.05, 0.1) is 15.6 Å². The summed E-state index contributed by atoms with van der Waals surface area (Å²) in [6.07, 6.45) is 1.72. The molecule has 0 aliphatic heterocycles. The van der Waals surface area contributed by atoms with E-state index in [0.29, 0.717) is 5.02 Å². The van der Waals surface area contributed by atoms with E-state index in [0.717, 1.165) is 34.0 Å². The first-order valence-corrected chi connectivity index (χ1v) is 7.94. The number of hydrogen-bond acceptors (Lipinski definition) is 4. The number of thiazole rings is 1. The molecule has 23 heavy (non-hydrogen) atoms. The molecule has 0 saturated carbocycles. The van der Waals surface area contributed by atoms with Crippen LogP contribution in [0, 0.1) is 5.92 Å². The number of aromatic nitrogens is 1. The summed E-state index contributed by atoms with van der Waals surface area (Å²) in [6.45, 7) is -1.71. The Labute approximate surface area is 139 Å². The standard InChI is InChI=1S/C14H12ClNO2S.CHF3/c1-7-2-4-10-13(12(7)18)19-14(16-10)8-3-5-11(17)9(15)6-8;2-1(3)4/h3,5-7,17H,2,4H2,1H3;1H. The Morgan fingerprint density at radius 1 is 1.39 bits per heavy atom. The number of halogens is 4. The van der Waals surface area contributed by atoms with Crippen molar-refractivity contribution in [1.82, 2.24) is 4.98 Å². The van der Waals surface area contributed by atoms with Crippen LogP contribution in [0.2, 0.25) is 5.02 Å². The maximum absolute atomic E-state index is 12.1. The van der Waals surface area contributed by atoms with Crippen molar-refractivity contribution in [3.8, 4) is 16.3 Å². The van der Waals surface area contributed by atoms with Crippen LogP contribution in [-0.2, 0) is 6.42 Å². The fourth-order valence-corrected chi connectivity index (χ4v) is 3.53. The van der Waals surface area contributed by atoms with E-state index in [2.05, 4.69) is 4.98 Å². The molecule has 1 aromatic carbocycles. The highest BCUT2D eigenvalue weighted by Gasteiger charge is 2.28. The summed E-state index contributed by atoms with van der Waals surface area (Å²) < 4.78 is 29.0. The van der Waals surface area contributed by atoms with Crippen molar-refractivity contribution < 1.29 is 23.1 Å². The predicted octanol–water partition coefficient (Wildman–Crippen LogP) is 5.11. The summed E-state index contributed by atoms with van der Waals surface area (Å²) in [7, 11) is 0. The van der Waals surface area contributed by atoms with Crippen molar-refractivity contribution in [2.24, 2.45) is 5.92 Å². The first-order valence-electron chi connectivity index (χ1n) is 6.74. The van der Waals surface area contributed by atoms with Crippen LogP contribution in [0.3, 0.4) is 0 Å². The molecule has 0 bridgehead atoms. The number of alkyl halides is 3. The number of benzene rings is 1. The maximum Gasteiger partial charge on any atom is 0.379 e. The number of carbonyl (C=O) groups is 1. The molecule has 1 atom stereocenters. The zero-order valence-corrected chi connectivity index (χ0v) is 13.6. The van der Waals surface area contributed by atoms with Gasteiger partial charge in [0.25, 0.3) is 0 Å². The SMILES string of the molecule is CC1CCc2nc(-c3ccc(O)c(Cl)c3)sc2C1=O.FC(F)F. The number of aromatic hydroxyl groups is 1. The van der Waals surface area contributed by atoms with Crippen LogP contribution in [0.4, 0.5) is 13.2 Å². The van der Waals surface area contributed by atoms with Gasteiger partial charge in [-0.2, -0.15) is 13.2 Å².